The Bertz CT molecular complexity index is 477. The molecule has 1 heterocycles. The number of nitrogens with zero attached hydrogens (tertiary/aromatic N) is 2. The van der Waals surface area contributed by atoms with Crippen molar-refractivity contribution in [2.45, 2.75) is 32.9 Å². The molecule has 2 rings (SSSR count). The Kier molecular flexibility index (Phi) is 3.81. The zero-order valence-corrected chi connectivity index (χ0v) is 10.2. The van der Waals surface area contributed by atoms with Crippen LogP contribution in [0, 0.1) is 0 Å². The van der Waals surface area contributed by atoms with Gasteiger partial charge in [-0.15, -0.1) is 0 Å². The molecular formula is C14H19N2O+. The van der Waals surface area contributed by atoms with E-state index in [1.807, 2.05) is 12.1 Å². The number of phenolic OH excluding ortho intramolecular Hbond substituents is 1. The fraction of sp³-hybridized carbons (Fsp3) is 0.357. The van der Waals surface area contributed by atoms with Crippen molar-refractivity contribution in [3.63, 3.8) is 0 Å². The second kappa shape index (κ2) is 5.53. The number of rotatable bonds is 5. The van der Waals surface area contributed by atoms with Crippen LogP contribution in [-0.4, -0.2) is 9.67 Å². The van der Waals surface area contributed by atoms with Gasteiger partial charge in [-0.2, -0.15) is 0 Å². The van der Waals surface area contributed by atoms with Crippen LogP contribution in [-0.2, 0) is 13.1 Å². The largest absolute Gasteiger partial charge is 0.508 e. The van der Waals surface area contributed by atoms with Gasteiger partial charge in [0, 0.05) is 0 Å². The molecule has 90 valence electrons. The lowest BCUT2D eigenvalue weighted by Crippen LogP contribution is -2.31. The van der Waals surface area contributed by atoms with Crippen molar-refractivity contribution in [3.05, 3.63) is 48.5 Å². The molecule has 0 aliphatic rings. The maximum atomic E-state index is 9.40. The molecule has 0 fully saturated rings. The van der Waals surface area contributed by atoms with E-state index in [9.17, 15) is 5.11 Å². The number of imidazole rings is 1. The summed E-state index contributed by atoms with van der Waals surface area (Å²) in [5.74, 6) is 0.327. The third-order valence-electron chi connectivity index (χ3n) is 2.79. The van der Waals surface area contributed by atoms with Gasteiger partial charge in [-0.05, 0) is 24.1 Å². The Morgan fingerprint density at radius 3 is 3.00 bits per heavy atom. The molecule has 0 aliphatic heterocycles. The first-order valence-corrected chi connectivity index (χ1v) is 6.10. The van der Waals surface area contributed by atoms with Crippen molar-refractivity contribution < 1.29 is 9.67 Å². The van der Waals surface area contributed by atoms with Crippen LogP contribution in [0.2, 0.25) is 0 Å². The predicted octanol–water partition coefficient (Wildman–Crippen LogP) is 2.33. The first-order valence-electron chi connectivity index (χ1n) is 6.10. The second-order valence-corrected chi connectivity index (χ2v) is 4.35. The SMILES string of the molecule is CCCCn1cc[n+](Cc2cccc(O)c2)c1. The number of aromatic nitrogens is 2. The summed E-state index contributed by atoms with van der Waals surface area (Å²) < 4.78 is 4.33. The maximum absolute atomic E-state index is 9.40. The van der Waals surface area contributed by atoms with Crippen LogP contribution in [0.5, 0.6) is 5.75 Å². The highest BCUT2D eigenvalue weighted by atomic mass is 16.3. The Labute approximate surface area is 102 Å². The van der Waals surface area contributed by atoms with Crippen molar-refractivity contribution in [1.82, 2.24) is 4.57 Å². The van der Waals surface area contributed by atoms with Gasteiger partial charge in [0.2, 0.25) is 6.33 Å². The van der Waals surface area contributed by atoms with Crippen LogP contribution < -0.4 is 4.57 Å². The fourth-order valence-electron chi connectivity index (χ4n) is 1.87. The van der Waals surface area contributed by atoms with Crippen molar-refractivity contribution >= 4 is 0 Å². The lowest BCUT2D eigenvalue weighted by molar-refractivity contribution is -0.687. The first-order chi connectivity index (χ1) is 8.28. The summed E-state index contributed by atoms with van der Waals surface area (Å²) in [7, 11) is 0. The molecule has 0 saturated carbocycles. The number of aromatic hydroxyl groups is 1. The summed E-state index contributed by atoms with van der Waals surface area (Å²) in [6, 6.07) is 7.40. The molecule has 0 bridgehead atoms. The van der Waals surface area contributed by atoms with Crippen LogP contribution in [0.3, 0.4) is 0 Å². The van der Waals surface area contributed by atoms with Gasteiger partial charge in [0.1, 0.15) is 24.7 Å². The highest BCUT2D eigenvalue weighted by Gasteiger charge is 2.04. The van der Waals surface area contributed by atoms with E-state index in [-0.39, 0.29) is 0 Å². The van der Waals surface area contributed by atoms with Gasteiger partial charge < -0.3 is 5.11 Å². The van der Waals surface area contributed by atoms with E-state index >= 15 is 0 Å². The summed E-state index contributed by atoms with van der Waals surface area (Å²) in [5, 5.41) is 9.40. The van der Waals surface area contributed by atoms with Crippen LogP contribution in [0.25, 0.3) is 0 Å². The maximum Gasteiger partial charge on any atom is 0.244 e. The Hall–Kier alpha value is -1.77. The molecule has 0 aliphatic carbocycles. The molecule has 0 amide bonds. The average Bonchev–Trinajstić information content (AvgIpc) is 2.74. The summed E-state index contributed by atoms with van der Waals surface area (Å²) >= 11 is 0. The average molecular weight is 231 g/mol. The van der Waals surface area contributed by atoms with Gasteiger partial charge in [0.25, 0.3) is 0 Å². The third kappa shape index (κ3) is 3.34. The standard InChI is InChI=1S/C14H18N2O/c1-2-3-7-15-8-9-16(12-15)11-13-5-4-6-14(17)10-13/h4-6,8-10,12H,2-3,7,11H2,1H3/p+1. The van der Waals surface area contributed by atoms with Gasteiger partial charge in [-0.25, -0.2) is 9.13 Å². The molecule has 0 saturated heterocycles. The van der Waals surface area contributed by atoms with E-state index in [1.165, 1.54) is 12.8 Å². The molecule has 1 aromatic heterocycles. The molecule has 3 heteroatoms. The van der Waals surface area contributed by atoms with Gasteiger partial charge in [-0.3, -0.25) is 0 Å². The summed E-state index contributed by atoms with van der Waals surface area (Å²) in [4.78, 5) is 0. The van der Waals surface area contributed by atoms with E-state index < -0.39 is 0 Å². The molecule has 1 aromatic carbocycles. The minimum atomic E-state index is 0.327. The van der Waals surface area contributed by atoms with Crippen molar-refractivity contribution in [2.75, 3.05) is 0 Å². The Morgan fingerprint density at radius 1 is 1.35 bits per heavy atom. The smallest absolute Gasteiger partial charge is 0.244 e. The minimum Gasteiger partial charge on any atom is -0.508 e. The van der Waals surface area contributed by atoms with Crippen molar-refractivity contribution in [2.24, 2.45) is 0 Å². The zero-order valence-electron chi connectivity index (χ0n) is 10.2. The first kappa shape index (κ1) is 11.7. The van der Waals surface area contributed by atoms with Crippen LogP contribution in [0.15, 0.2) is 43.0 Å². The lowest BCUT2D eigenvalue weighted by atomic mass is 10.2. The fourth-order valence-corrected chi connectivity index (χ4v) is 1.87. The van der Waals surface area contributed by atoms with E-state index in [4.69, 9.17) is 0 Å². The number of unbranched alkanes of at least 4 members (excludes halogenated alkanes) is 1. The molecule has 3 nitrogen and oxygen atoms in total. The molecule has 0 unspecified atom stereocenters. The molecule has 1 N–H and O–H groups in total. The number of phenols is 1. The summed E-state index contributed by atoms with van der Waals surface area (Å²) in [5.41, 5.74) is 1.11. The van der Waals surface area contributed by atoms with Crippen molar-refractivity contribution in [3.8, 4) is 5.75 Å². The van der Waals surface area contributed by atoms with Crippen LogP contribution >= 0.6 is 0 Å². The summed E-state index contributed by atoms with van der Waals surface area (Å²) in [6.45, 7) is 4.07. The van der Waals surface area contributed by atoms with E-state index in [0.29, 0.717) is 5.75 Å². The number of hydrogen-bond acceptors (Lipinski definition) is 1. The van der Waals surface area contributed by atoms with Crippen molar-refractivity contribution in [1.29, 1.82) is 0 Å². The van der Waals surface area contributed by atoms with Gasteiger partial charge in [-0.1, -0.05) is 25.5 Å². The molecule has 0 atom stereocenters. The monoisotopic (exact) mass is 231 g/mol. The molecule has 17 heavy (non-hydrogen) atoms. The van der Waals surface area contributed by atoms with Gasteiger partial charge in [0.15, 0.2) is 0 Å². The third-order valence-corrected chi connectivity index (χ3v) is 2.79. The van der Waals surface area contributed by atoms with E-state index in [2.05, 4.69) is 34.8 Å². The molecule has 0 radical (unpaired) electrons. The van der Waals surface area contributed by atoms with E-state index in [0.717, 1.165) is 18.7 Å². The molecule has 2 aromatic rings. The molecular weight excluding hydrogens is 212 g/mol. The van der Waals surface area contributed by atoms with Crippen LogP contribution in [0.4, 0.5) is 0 Å². The topological polar surface area (TPSA) is 29.0 Å². The highest BCUT2D eigenvalue weighted by Crippen LogP contribution is 2.10. The number of benzene rings is 1. The summed E-state index contributed by atoms with van der Waals surface area (Å²) in [6.07, 6.45) is 8.70. The minimum absolute atomic E-state index is 0.327. The van der Waals surface area contributed by atoms with E-state index in [1.54, 1.807) is 12.1 Å². The normalized spacial score (nSPS) is 10.6. The Balaban J connectivity index is 2.01. The van der Waals surface area contributed by atoms with Gasteiger partial charge >= 0.3 is 0 Å². The predicted molar refractivity (Wildman–Crippen MR) is 66.7 cm³/mol. The highest BCUT2D eigenvalue weighted by molar-refractivity contribution is 5.26. The zero-order chi connectivity index (χ0) is 12.1. The number of hydrogen-bond donors (Lipinski definition) is 1. The van der Waals surface area contributed by atoms with Crippen LogP contribution in [0.1, 0.15) is 25.3 Å². The lowest BCUT2D eigenvalue weighted by Gasteiger charge is -1.98. The van der Waals surface area contributed by atoms with Gasteiger partial charge in [0.05, 0.1) is 6.54 Å². The number of aryl methyl sites for hydroxylation is 1. The second-order valence-electron chi connectivity index (χ2n) is 4.35. The molecule has 0 spiro atoms. The quantitative estimate of drug-likeness (QED) is 0.786. The Morgan fingerprint density at radius 2 is 2.24 bits per heavy atom.